The topological polar surface area (TPSA) is 157 Å². The number of nitrogens with zero attached hydrogens (tertiary/aromatic N) is 3. The summed E-state index contributed by atoms with van der Waals surface area (Å²) in [5, 5.41) is 26.3. The number of rotatable bonds is 3. The third kappa shape index (κ3) is 5.22. The first kappa shape index (κ1) is 25.6. The van der Waals surface area contributed by atoms with Crippen molar-refractivity contribution in [3.05, 3.63) is 35.3 Å². The number of carboxylic acids is 3. The minimum atomic E-state index is -0.769. The van der Waals surface area contributed by atoms with Gasteiger partial charge in [-0.15, -0.1) is 0 Å². The van der Waals surface area contributed by atoms with Crippen molar-refractivity contribution in [2.45, 2.75) is 75.9 Å². The second-order valence-electron chi connectivity index (χ2n) is 9.32. The fourth-order valence-electron chi connectivity index (χ4n) is 5.39. The van der Waals surface area contributed by atoms with Gasteiger partial charge in [0.25, 0.3) is 0 Å². The van der Waals surface area contributed by atoms with Gasteiger partial charge in [0.15, 0.2) is 0 Å². The van der Waals surface area contributed by atoms with Gasteiger partial charge < -0.3 is 36.2 Å². The first-order valence-corrected chi connectivity index (χ1v) is 12.0. The Kier molecular flexibility index (Phi) is 8.24. The largest absolute Gasteiger partial charge is 0.477 e. The van der Waals surface area contributed by atoms with Gasteiger partial charge in [-0.1, -0.05) is 18.2 Å². The molecule has 10 nitrogen and oxygen atoms in total. The number of fused-ring (bicyclic) bond motifs is 3. The van der Waals surface area contributed by atoms with Crippen LogP contribution in [0.3, 0.4) is 0 Å². The molecule has 6 N–H and O–H groups in total. The summed E-state index contributed by atoms with van der Waals surface area (Å²) >= 11 is 0. The molecule has 6 aliphatic rings. The lowest BCUT2D eigenvalue weighted by atomic mass is 9.93. The van der Waals surface area contributed by atoms with Crippen LogP contribution in [0.4, 0.5) is 0 Å². The fourth-order valence-corrected chi connectivity index (χ4v) is 5.39. The molecule has 6 rings (SSSR count). The van der Waals surface area contributed by atoms with Gasteiger partial charge in [-0.25, -0.2) is 14.4 Å². The number of carbonyl (C=O) groups is 3. The third-order valence-electron chi connectivity index (χ3n) is 7.53. The van der Waals surface area contributed by atoms with Gasteiger partial charge in [0.2, 0.25) is 0 Å². The zero-order valence-corrected chi connectivity index (χ0v) is 19.6. The second kappa shape index (κ2) is 10.9. The van der Waals surface area contributed by atoms with Crippen LogP contribution in [0.5, 0.6) is 0 Å². The molecule has 0 radical (unpaired) electrons. The van der Waals surface area contributed by atoms with E-state index in [1.807, 2.05) is 32.9 Å². The molecular formula is C24H36N4O6. The quantitative estimate of drug-likeness (QED) is 0.477. The normalized spacial score (nSPS) is 27.7. The fraction of sp³-hybridized carbons (Fsp3) is 0.625. The maximum Gasteiger partial charge on any atom is 0.351 e. The van der Waals surface area contributed by atoms with Gasteiger partial charge in [-0.05, 0) is 57.8 Å². The van der Waals surface area contributed by atoms with Gasteiger partial charge in [0.05, 0.1) is 0 Å². The van der Waals surface area contributed by atoms with E-state index in [1.165, 1.54) is 19.3 Å². The summed E-state index contributed by atoms with van der Waals surface area (Å²) in [7, 11) is 0. The van der Waals surface area contributed by atoms with Crippen LogP contribution >= 0.6 is 0 Å². The molecule has 34 heavy (non-hydrogen) atoms. The van der Waals surface area contributed by atoms with Crippen LogP contribution in [0, 0.1) is 0 Å². The minimum absolute atomic E-state index is 0. The molecule has 6 aliphatic heterocycles. The Hall–Kier alpha value is -3.01. The smallest absolute Gasteiger partial charge is 0.351 e. The molecule has 188 valence electrons. The molecule has 3 saturated heterocycles. The molecule has 10 heteroatoms. The Morgan fingerprint density at radius 2 is 0.824 bits per heavy atom. The van der Waals surface area contributed by atoms with E-state index < -0.39 is 17.9 Å². The highest BCUT2D eigenvalue weighted by Crippen LogP contribution is 2.32. The molecule has 0 aromatic rings. The number of hydrogen-bond donors (Lipinski definition) is 4. The van der Waals surface area contributed by atoms with Crippen molar-refractivity contribution in [2.24, 2.45) is 0 Å². The first-order chi connectivity index (χ1) is 15.9. The van der Waals surface area contributed by atoms with Crippen molar-refractivity contribution in [3.63, 3.8) is 0 Å². The number of carboxylic acid groups (broad SMARTS) is 3. The molecular weight excluding hydrogens is 440 g/mol. The Morgan fingerprint density at radius 1 is 0.559 bits per heavy atom. The molecule has 3 atom stereocenters. The summed E-state index contributed by atoms with van der Waals surface area (Å²) in [6.45, 7) is 2.80. The van der Waals surface area contributed by atoms with E-state index >= 15 is 0 Å². The summed E-state index contributed by atoms with van der Waals surface area (Å²) in [6, 6.07) is 1.60. The van der Waals surface area contributed by atoms with Gasteiger partial charge in [-0.3, -0.25) is 0 Å². The Morgan fingerprint density at radius 3 is 0.971 bits per heavy atom. The van der Waals surface area contributed by atoms with Crippen LogP contribution in [-0.4, -0.2) is 85.7 Å². The van der Waals surface area contributed by atoms with E-state index in [1.54, 1.807) is 0 Å². The summed E-state index contributed by atoms with van der Waals surface area (Å²) in [5.74, 6) is -2.31. The van der Waals surface area contributed by atoms with Crippen LogP contribution in [0.25, 0.3) is 0 Å². The predicted molar refractivity (Wildman–Crippen MR) is 125 cm³/mol. The van der Waals surface area contributed by atoms with Crippen molar-refractivity contribution >= 4 is 17.9 Å². The molecule has 0 amide bonds. The van der Waals surface area contributed by atoms with E-state index in [9.17, 15) is 14.4 Å². The van der Waals surface area contributed by atoms with Gasteiger partial charge in [0.1, 0.15) is 17.1 Å². The van der Waals surface area contributed by atoms with Crippen molar-refractivity contribution < 1.29 is 29.7 Å². The number of hydrogen-bond acceptors (Lipinski definition) is 7. The molecule has 0 spiro atoms. The Bertz CT molecular complexity index is 784. The lowest BCUT2D eigenvalue weighted by Gasteiger charge is -2.45. The van der Waals surface area contributed by atoms with E-state index in [2.05, 4.69) is 0 Å². The summed E-state index contributed by atoms with van der Waals surface area (Å²) < 4.78 is 0. The van der Waals surface area contributed by atoms with Crippen LogP contribution in [0.2, 0.25) is 0 Å². The van der Waals surface area contributed by atoms with Gasteiger partial charge >= 0.3 is 17.9 Å². The van der Waals surface area contributed by atoms with Crippen LogP contribution in [0.1, 0.15) is 57.8 Å². The summed E-state index contributed by atoms with van der Waals surface area (Å²) in [4.78, 5) is 37.9. The van der Waals surface area contributed by atoms with Crippen LogP contribution in [0.15, 0.2) is 35.3 Å². The molecule has 0 aliphatic carbocycles. The van der Waals surface area contributed by atoms with Crippen LogP contribution in [-0.2, 0) is 14.4 Å². The predicted octanol–water partition coefficient (Wildman–Crippen LogP) is 2.63. The van der Waals surface area contributed by atoms with E-state index in [0.717, 1.165) is 58.2 Å². The minimum Gasteiger partial charge on any atom is -0.477 e. The molecule has 0 aromatic heterocycles. The van der Waals surface area contributed by atoms with Crippen LogP contribution < -0.4 is 6.15 Å². The zero-order chi connectivity index (χ0) is 23.5. The average molecular weight is 477 g/mol. The second-order valence-corrected chi connectivity index (χ2v) is 9.32. The van der Waals surface area contributed by atoms with E-state index in [0.29, 0.717) is 35.2 Å². The molecule has 3 unspecified atom stereocenters. The highest BCUT2D eigenvalue weighted by molar-refractivity contribution is 5.87. The van der Waals surface area contributed by atoms with E-state index in [4.69, 9.17) is 15.3 Å². The first-order valence-electron chi connectivity index (χ1n) is 12.0. The van der Waals surface area contributed by atoms with Crippen molar-refractivity contribution in [2.75, 3.05) is 19.6 Å². The lowest BCUT2D eigenvalue weighted by molar-refractivity contribution is -0.137. The molecule has 0 aromatic carbocycles. The molecule has 6 heterocycles. The molecule has 0 bridgehead atoms. The summed E-state index contributed by atoms with van der Waals surface area (Å²) in [5.41, 5.74) is 1.56. The maximum absolute atomic E-state index is 10.6. The Labute approximate surface area is 199 Å². The SMILES string of the molecule is N.O=C(O)C1=CCCC2CCN12.O=C(O)C1=CCCC2CCN12.O=C(O)C1=CCCC2CCN12. The highest BCUT2D eigenvalue weighted by Gasteiger charge is 2.36. The van der Waals surface area contributed by atoms with Crippen molar-refractivity contribution in [1.29, 1.82) is 0 Å². The summed E-state index contributed by atoms with van der Waals surface area (Å²) in [6.07, 6.45) is 15.2. The third-order valence-corrected chi connectivity index (χ3v) is 7.53. The number of aliphatic carboxylic acids is 3. The van der Waals surface area contributed by atoms with Gasteiger partial charge in [-0.2, -0.15) is 0 Å². The Balaban J connectivity index is 0.000000141. The average Bonchev–Trinajstić information content (AvgIpc) is 2.70. The highest BCUT2D eigenvalue weighted by atomic mass is 16.4. The zero-order valence-electron chi connectivity index (χ0n) is 19.6. The molecule has 3 fully saturated rings. The maximum atomic E-state index is 10.6. The van der Waals surface area contributed by atoms with Gasteiger partial charge in [0, 0.05) is 37.8 Å². The van der Waals surface area contributed by atoms with Crippen molar-refractivity contribution in [3.8, 4) is 0 Å². The monoisotopic (exact) mass is 476 g/mol. The lowest BCUT2D eigenvalue weighted by Crippen LogP contribution is -2.49. The number of allylic oxidation sites excluding steroid dienone is 3. The molecule has 0 saturated carbocycles. The van der Waals surface area contributed by atoms with Crippen molar-refractivity contribution in [1.82, 2.24) is 20.9 Å². The standard InChI is InChI=1S/3C8H11NO2.H3N/c3*10-8(11)7-3-1-2-6-4-5-9(6)7;/h3*3,6H,1-2,4-5H2,(H,10,11);1H3. The van der Waals surface area contributed by atoms with E-state index in [-0.39, 0.29) is 6.15 Å².